The highest BCUT2D eigenvalue weighted by atomic mass is 16.6. The van der Waals surface area contributed by atoms with E-state index in [2.05, 4.69) is 5.43 Å². The maximum atomic E-state index is 11.5. The molecule has 1 N–H and O–H groups in total. The van der Waals surface area contributed by atoms with Gasteiger partial charge in [-0.15, -0.1) is 0 Å². The second-order valence-corrected chi connectivity index (χ2v) is 3.96. The van der Waals surface area contributed by atoms with Crippen LogP contribution in [-0.4, -0.2) is 16.9 Å². The summed E-state index contributed by atoms with van der Waals surface area (Å²) in [5.41, 5.74) is 3.66. The molecule has 1 heterocycles. The number of aromatic nitrogens is 1. The molecule has 4 heteroatoms. The van der Waals surface area contributed by atoms with E-state index in [4.69, 9.17) is 4.74 Å². The summed E-state index contributed by atoms with van der Waals surface area (Å²) in [6.07, 6.45) is 3.53. The van der Waals surface area contributed by atoms with E-state index < -0.39 is 0 Å². The lowest BCUT2D eigenvalue weighted by molar-refractivity contribution is 0.151. The summed E-state index contributed by atoms with van der Waals surface area (Å²) in [6.45, 7) is 0. The Morgan fingerprint density at radius 1 is 1.31 bits per heavy atom. The number of amides is 1. The Bertz CT molecular complexity index is 529. The number of rotatable bonds is 2. The minimum absolute atomic E-state index is 0.127. The van der Waals surface area contributed by atoms with Gasteiger partial charge < -0.3 is 4.74 Å². The second-order valence-electron chi connectivity index (χ2n) is 3.96. The van der Waals surface area contributed by atoms with Crippen molar-refractivity contribution in [1.82, 2.24) is 4.68 Å². The maximum absolute atomic E-state index is 11.5. The molecule has 0 saturated heterocycles. The fourth-order valence-corrected chi connectivity index (χ4v) is 1.64. The van der Waals surface area contributed by atoms with Crippen molar-refractivity contribution in [2.24, 2.45) is 0 Å². The molecule has 1 aromatic carbocycles. The normalized spacial score (nSPS) is 15.0. The lowest BCUT2D eigenvalue weighted by Gasteiger charge is -2.07. The Balaban J connectivity index is 1.80. The average Bonchev–Trinajstić information content (AvgIpc) is 3.00. The predicted octanol–water partition coefficient (Wildman–Crippen LogP) is 2.48. The van der Waals surface area contributed by atoms with E-state index in [1.807, 2.05) is 36.5 Å². The lowest BCUT2D eigenvalue weighted by Crippen LogP contribution is -2.23. The van der Waals surface area contributed by atoms with Crippen molar-refractivity contribution in [2.75, 3.05) is 5.43 Å². The molecule has 1 aliphatic carbocycles. The minimum atomic E-state index is -0.385. The summed E-state index contributed by atoms with van der Waals surface area (Å²) in [4.78, 5) is 11.5. The van der Waals surface area contributed by atoms with Crippen molar-refractivity contribution in [2.45, 2.75) is 18.9 Å². The number of benzene rings is 1. The molecule has 4 nitrogen and oxygen atoms in total. The Kier molecular flexibility index (Phi) is 2.06. The molecule has 82 valence electrons. The number of nitrogens with zero attached hydrogens (tertiary/aromatic N) is 1. The van der Waals surface area contributed by atoms with Crippen LogP contribution < -0.4 is 5.43 Å². The molecule has 1 aromatic heterocycles. The molecule has 0 bridgehead atoms. The molecule has 16 heavy (non-hydrogen) atoms. The number of hydrogen-bond acceptors (Lipinski definition) is 2. The van der Waals surface area contributed by atoms with E-state index in [0.29, 0.717) is 0 Å². The van der Waals surface area contributed by atoms with Gasteiger partial charge in [-0.05, 0) is 25.0 Å². The molecule has 0 unspecified atom stereocenters. The Labute approximate surface area is 92.8 Å². The second kappa shape index (κ2) is 3.56. The smallest absolute Gasteiger partial charge is 0.426 e. The minimum Gasteiger partial charge on any atom is -0.445 e. The van der Waals surface area contributed by atoms with Crippen LogP contribution in [0.4, 0.5) is 4.79 Å². The summed E-state index contributed by atoms with van der Waals surface area (Å²) in [6, 6.07) is 9.81. The Morgan fingerprint density at radius 3 is 2.94 bits per heavy atom. The van der Waals surface area contributed by atoms with E-state index in [0.717, 1.165) is 23.7 Å². The molecule has 0 spiro atoms. The van der Waals surface area contributed by atoms with Crippen LogP contribution in [0, 0.1) is 0 Å². The quantitative estimate of drug-likeness (QED) is 0.838. The third-order valence-electron chi connectivity index (χ3n) is 2.61. The Morgan fingerprint density at radius 2 is 2.12 bits per heavy atom. The van der Waals surface area contributed by atoms with Gasteiger partial charge in [-0.1, -0.05) is 18.2 Å². The van der Waals surface area contributed by atoms with Gasteiger partial charge in [-0.25, -0.2) is 10.2 Å². The average molecular weight is 216 g/mol. The van der Waals surface area contributed by atoms with Gasteiger partial charge in [0.2, 0.25) is 0 Å². The highest BCUT2D eigenvalue weighted by molar-refractivity contribution is 5.84. The van der Waals surface area contributed by atoms with Crippen LogP contribution in [0.2, 0.25) is 0 Å². The molecular weight excluding hydrogens is 204 g/mol. The molecule has 3 rings (SSSR count). The molecular formula is C12H12N2O2. The van der Waals surface area contributed by atoms with Crippen molar-refractivity contribution >= 4 is 17.0 Å². The van der Waals surface area contributed by atoms with Crippen LogP contribution >= 0.6 is 0 Å². The van der Waals surface area contributed by atoms with Gasteiger partial charge in [0.1, 0.15) is 6.10 Å². The number of ether oxygens (including phenoxy) is 1. The summed E-state index contributed by atoms with van der Waals surface area (Å²) in [5.74, 6) is 0. The van der Waals surface area contributed by atoms with Gasteiger partial charge in [0.15, 0.2) is 0 Å². The third kappa shape index (κ3) is 1.74. The molecule has 0 radical (unpaired) electrons. The number of fused-ring (bicyclic) bond motifs is 1. The molecule has 0 aliphatic heterocycles. The first-order valence-electron chi connectivity index (χ1n) is 5.37. The number of hydrogen-bond donors (Lipinski definition) is 1. The predicted molar refractivity (Wildman–Crippen MR) is 60.8 cm³/mol. The van der Waals surface area contributed by atoms with Crippen molar-refractivity contribution < 1.29 is 9.53 Å². The fraction of sp³-hybridized carbons (Fsp3) is 0.250. The van der Waals surface area contributed by atoms with Gasteiger partial charge in [0, 0.05) is 11.6 Å². The SMILES string of the molecule is O=C(Nn1ccc2ccccc21)OC1CC1. The van der Waals surface area contributed by atoms with Crippen molar-refractivity contribution in [3.8, 4) is 0 Å². The van der Waals surface area contributed by atoms with Crippen LogP contribution in [-0.2, 0) is 4.74 Å². The number of carbonyl (C=O) groups is 1. The van der Waals surface area contributed by atoms with E-state index in [1.54, 1.807) is 4.68 Å². The van der Waals surface area contributed by atoms with Gasteiger partial charge >= 0.3 is 6.09 Å². The van der Waals surface area contributed by atoms with Crippen LogP contribution in [0.1, 0.15) is 12.8 Å². The van der Waals surface area contributed by atoms with Gasteiger partial charge in [0.25, 0.3) is 0 Å². The lowest BCUT2D eigenvalue weighted by atomic mass is 10.3. The fourth-order valence-electron chi connectivity index (χ4n) is 1.64. The first kappa shape index (κ1) is 9.27. The van der Waals surface area contributed by atoms with Gasteiger partial charge in [-0.3, -0.25) is 4.68 Å². The topological polar surface area (TPSA) is 43.3 Å². The molecule has 1 aliphatic rings. The highest BCUT2D eigenvalue weighted by Gasteiger charge is 2.26. The molecule has 1 saturated carbocycles. The summed E-state index contributed by atoms with van der Waals surface area (Å²) < 4.78 is 6.79. The van der Waals surface area contributed by atoms with Crippen LogP contribution in [0.25, 0.3) is 10.9 Å². The zero-order valence-electron chi connectivity index (χ0n) is 8.72. The van der Waals surface area contributed by atoms with Crippen LogP contribution in [0.5, 0.6) is 0 Å². The number of carbonyl (C=O) groups excluding carboxylic acids is 1. The molecule has 1 fully saturated rings. The van der Waals surface area contributed by atoms with E-state index in [1.165, 1.54) is 0 Å². The number of para-hydroxylation sites is 1. The monoisotopic (exact) mass is 216 g/mol. The number of nitrogens with one attached hydrogen (secondary N) is 1. The zero-order chi connectivity index (χ0) is 11.0. The molecule has 2 aromatic rings. The summed E-state index contributed by atoms with van der Waals surface area (Å²) in [5, 5.41) is 1.09. The Hall–Kier alpha value is -1.97. The van der Waals surface area contributed by atoms with Gasteiger partial charge in [-0.2, -0.15) is 0 Å². The van der Waals surface area contributed by atoms with E-state index in [-0.39, 0.29) is 12.2 Å². The zero-order valence-corrected chi connectivity index (χ0v) is 8.72. The third-order valence-corrected chi connectivity index (χ3v) is 2.61. The van der Waals surface area contributed by atoms with Crippen molar-refractivity contribution in [3.63, 3.8) is 0 Å². The molecule has 0 atom stereocenters. The van der Waals surface area contributed by atoms with E-state index in [9.17, 15) is 4.79 Å². The van der Waals surface area contributed by atoms with Crippen LogP contribution in [0.15, 0.2) is 36.5 Å². The first-order chi connectivity index (χ1) is 7.83. The molecule has 1 amide bonds. The largest absolute Gasteiger partial charge is 0.445 e. The van der Waals surface area contributed by atoms with Crippen molar-refractivity contribution in [3.05, 3.63) is 36.5 Å². The first-order valence-corrected chi connectivity index (χ1v) is 5.37. The van der Waals surface area contributed by atoms with Crippen molar-refractivity contribution in [1.29, 1.82) is 0 Å². The van der Waals surface area contributed by atoms with E-state index >= 15 is 0 Å². The summed E-state index contributed by atoms with van der Waals surface area (Å²) >= 11 is 0. The van der Waals surface area contributed by atoms with Crippen LogP contribution in [0.3, 0.4) is 0 Å². The highest BCUT2D eigenvalue weighted by Crippen LogP contribution is 2.23. The van der Waals surface area contributed by atoms with Gasteiger partial charge in [0.05, 0.1) is 5.52 Å². The summed E-state index contributed by atoms with van der Waals surface area (Å²) in [7, 11) is 0. The maximum Gasteiger partial charge on any atom is 0.426 e. The standard InChI is InChI=1S/C12H12N2O2/c15-12(16-10-5-6-10)13-14-8-7-9-3-1-2-4-11(9)14/h1-4,7-8,10H,5-6H2,(H,13,15).